The molecule has 1 aliphatic rings. The van der Waals surface area contributed by atoms with Crippen molar-refractivity contribution in [3.8, 4) is 6.07 Å². The van der Waals surface area contributed by atoms with Gasteiger partial charge in [0.25, 0.3) is 17.5 Å². The average Bonchev–Trinajstić information content (AvgIpc) is 3.16. The Balaban J connectivity index is 0.000000285. The van der Waals surface area contributed by atoms with E-state index in [1.807, 2.05) is 18.0 Å². The van der Waals surface area contributed by atoms with Crippen molar-refractivity contribution in [1.82, 2.24) is 4.90 Å². The number of non-ortho nitro benzene ring substituents is 1. The number of carbonyl (C=O) groups is 3. The number of nitrogens with two attached hydrogens (primary N) is 2. The molecule has 3 amide bonds. The van der Waals surface area contributed by atoms with Gasteiger partial charge in [-0.1, -0.05) is 23.7 Å². The van der Waals surface area contributed by atoms with Crippen LogP contribution in [0.3, 0.4) is 0 Å². The molecule has 0 aromatic heterocycles. The molecule has 13 heteroatoms. The standard InChI is InChI=1S/C20H22N4O3.C7H4ClN3O2/c1-13(25)22-18-12-14(8-9-17(18)21)23(2)10-5-11-24-19(26)15-6-3-4-7-16(15)20(24)27;8-6-2-5(11(12)13)1-4(3-9)7(6)10/h3-4,6-9,12H,5,10-11,21H2,1-2H3,(H,22,25);1-2H,10H2. The number of nitro groups is 1. The molecule has 206 valence electrons. The zero-order valence-electron chi connectivity index (χ0n) is 21.7. The quantitative estimate of drug-likeness (QED) is 0.165. The Hall–Kier alpha value is -5.15. The smallest absolute Gasteiger partial charge is 0.272 e. The lowest BCUT2D eigenvalue weighted by atomic mass is 10.1. The number of rotatable bonds is 7. The molecule has 0 atom stereocenters. The number of nitrogens with zero attached hydrogens (tertiary/aromatic N) is 4. The van der Waals surface area contributed by atoms with Gasteiger partial charge in [-0.05, 0) is 36.8 Å². The molecule has 0 saturated heterocycles. The first-order valence-corrected chi connectivity index (χ1v) is 12.3. The minimum Gasteiger partial charge on any atom is -0.397 e. The van der Waals surface area contributed by atoms with Crippen molar-refractivity contribution in [2.75, 3.05) is 41.8 Å². The van der Waals surface area contributed by atoms with E-state index in [-0.39, 0.29) is 39.7 Å². The number of hydrogen-bond acceptors (Lipinski definition) is 9. The van der Waals surface area contributed by atoms with Crippen LogP contribution in [-0.4, -0.2) is 47.7 Å². The number of imide groups is 1. The first kappa shape index (κ1) is 29.4. The second kappa shape index (κ2) is 12.6. The van der Waals surface area contributed by atoms with Crippen LogP contribution >= 0.6 is 11.6 Å². The molecule has 0 fully saturated rings. The third kappa shape index (κ3) is 6.64. The minimum atomic E-state index is -0.633. The number of amides is 3. The van der Waals surface area contributed by atoms with Gasteiger partial charge in [0.05, 0.1) is 43.7 Å². The number of anilines is 4. The second-order valence-electron chi connectivity index (χ2n) is 8.79. The van der Waals surface area contributed by atoms with Crippen molar-refractivity contribution in [1.29, 1.82) is 5.26 Å². The summed E-state index contributed by atoms with van der Waals surface area (Å²) in [7, 11) is 1.91. The lowest BCUT2D eigenvalue weighted by molar-refractivity contribution is -0.384. The van der Waals surface area contributed by atoms with Crippen LogP contribution in [0.4, 0.5) is 28.4 Å². The van der Waals surface area contributed by atoms with Gasteiger partial charge in [-0.15, -0.1) is 0 Å². The maximum absolute atomic E-state index is 12.4. The van der Waals surface area contributed by atoms with E-state index in [0.717, 1.165) is 17.8 Å². The third-order valence-electron chi connectivity index (χ3n) is 5.99. The second-order valence-corrected chi connectivity index (χ2v) is 9.20. The van der Waals surface area contributed by atoms with Gasteiger partial charge < -0.3 is 21.7 Å². The highest BCUT2D eigenvalue weighted by atomic mass is 35.5. The number of fused-ring (bicyclic) bond motifs is 1. The molecule has 4 rings (SSSR count). The van der Waals surface area contributed by atoms with Crippen molar-refractivity contribution in [3.05, 3.63) is 86.4 Å². The lowest BCUT2D eigenvalue weighted by Crippen LogP contribution is -2.33. The van der Waals surface area contributed by atoms with Gasteiger partial charge in [0.1, 0.15) is 6.07 Å². The van der Waals surface area contributed by atoms with Gasteiger partial charge in [-0.3, -0.25) is 29.4 Å². The number of benzene rings is 3. The fourth-order valence-electron chi connectivity index (χ4n) is 3.92. The summed E-state index contributed by atoms with van der Waals surface area (Å²) < 4.78 is 0. The Kier molecular flexibility index (Phi) is 9.26. The van der Waals surface area contributed by atoms with Gasteiger partial charge >= 0.3 is 0 Å². The highest BCUT2D eigenvalue weighted by molar-refractivity contribution is 6.33. The van der Waals surface area contributed by atoms with Crippen molar-refractivity contribution in [3.63, 3.8) is 0 Å². The summed E-state index contributed by atoms with van der Waals surface area (Å²) in [5, 5.41) is 21.6. The number of carbonyl (C=O) groups excluding carboxylic acids is 3. The number of hydrogen-bond donors (Lipinski definition) is 3. The van der Waals surface area contributed by atoms with E-state index in [1.54, 1.807) is 42.5 Å². The predicted molar refractivity (Wildman–Crippen MR) is 152 cm³/mol. The first-order chi connectivity index (χ1) is 18.9. The van der Waals surface area contributed by atoms with Crippen LogP contribution in [0, 0.1) is 21.4 Å². The van der Waals surface area contributed by atoms with E-state index in [1.165, 1.54) is 11.8 Å². The molecule has 0 bridgehead atoms. The van der Waals surface area contributed by atoms with Gasteiger partial charge in [0, 0.05) is 44.9 Å². The maximum Gasteiger partial charge on any atom is 0.272 e. The largest absolute Gasteiger partial charge is 0.397 e. The monoisotopic (exact) mass is 563 g/mol. The molecular formula is C27H26ClN7O5. The van der Waals surface area contributed by atoms with E-state index in [4.69, 9.17) is 28.3 Å². The summed E-state index contributed by atoms with van der Waals surface area (Å²) in [6, 6.07) is 16.2. The fraction of sp³-hybridized carbons (Fsp3) is 0.185. The molecule has 0 saturated carbocycles. The van der Waals surface area contributed by atoms with Crippen molar-refractivity contribution in [2.45, 2.75) is 13.3 Å². The van der Waals surface area contributed by atoms with E-state index >= 15 is 0 Å². The summed E-state index contributed by atoms with van der Waals surface area (Å²) in [6.07, 6.45) is 0.627. The van der Waals surface area contributed by atoms with E-state index in [2.05, 4.69) is 5.32 Å². The first-order valence-electron chi connectivity index (χ1n) is 11.9. The summed E-state index contributed by atoms with van der Waals surface area (Å²) in [4.78, 5) is 49.0. The Labute approximate surface area is 234 Å². The molecule has 0 unspecified atom stereocenters. The van der Waals surface area contributed by atoms with Crippen LogP contribution in [0.5, 0.6) is 0 Å². The van der Waals surface area contributed by atoms with Crippen molar-refractivity contribution in [2.24, 2.45) is 0 Å². The van der Waals surface area contributed by atoms with E-state index in [0.29, 0.717) is 42.0 Å². The summed E-state index contributed by atoms with van der Waals surface area (Å²) >= 11 is 5.56. The van der Waals surface area contributed by atoms with E-state index < -0.39 is 4.92 Å². The number of nitriles is 1. The summed E-state index contributed by atoms with van der Waals surface area (Å²) in [6.45, 7) is 2.42. The molecule has 40 heavy (non-hydrogen) atoms. The number of halogens is 1. The normalized spacial score (nSPS) is 11.7. The van der Waals surface area contributed by atoms with Crippen LogP contribution < -0.4 is 21.7 Å². The molecule has 1 heterocycles. The van der Waals surface area contributed by atoms with Gasteiger partial charge in [0.15, 0.2) is 0 Å². The summed E-state index contributed by atoms with van der Waals surface area (Å²) in [5.41, 5.74) is 14.0. The molecule has 5 N–H and O–H groups in total. The SMILES string of the molecule is CC(=O)Nc1cc(N(C)CCCN2C(=O)c3ccccc3C2=O)ccc1N.N#Cc1cc([N+](=O)[O-])cc(Cl)c1N. The van der Waals surface area contributed by atoms with Crippen LogP contribution in [-0.2, 0) is 4.79 Å². The molecule has 12 nitrogen and oxygen atoms in total. The minimum absolute atomic E-state index is 0.0131. The highest BCUT2D eigenvalue weighted by Crippen LogP contribution is 2.28. The van der Waals surface area contributed by atoms with Crippen LogP contribution in [0.2, 0.25) is 5.02 Å². The predicted octanol–water partition coefficient (Wildman–Crippen LogP) is 4.05. The Morgan fingerprint density at radius 3 is 2.30 bits per heavy atom. The average molecular weight is 564 g/mol. The van der Waals surface area contributed by atoms with Gasteiger partial charge in [0.2, 0.25) is 5.91 Å². The van der Waals surface area contributed by atoms with Crippen LogP contribution in [0.1, 0.15) is 39.6 Å². The Morgan fingerprint density at radius 2 is 1.75 bits per heavy atom. The Bertz CT molecular complexity index is 1500. The molecule has 0 radical (unpaired) electrons. The van der Waals surface area contributed by atoms with Gasteiger partial charge in [-0.2, -0.15) is 5.26 Å². The van der Waals surface area contributed by atoms with Gasteiger partial charge in [-0.25, -0.2) is 0 Å². The molecule has 3 aromatic rings. The Morgan fingerprint density at radius 1 is 1.12 bits per heavy atom. The summed E-state index contributed by atoms with van der Waals surface area (Å²) in [5.74, 6) is -0.663. The lowest BCUT2D eigenvalue weighted by Gasteiger charge is -2.22. The number of nitro benzene ring substituents is 1. The van der Waals surface area contributed by atoms with Crippen LogP contribution in [0.25, 0.3) is 0 Å². The zero-order chi connectivity index (χ0) is 29.6. The zero-order valence-corrected chi connectivity index (χ0v) is 22.4. The molecule has 0 spiro atoms. The molecule has 1 aliphatic heterocycles. The van der Waals surface area contributed by atoms with E-state index in [9.17, 15) is 24.5 Å². The molecule has 3 aromatic carbocycles. The van der Waals surface area contributed by atoms with Crippen LogP contribution in [0.15, 0.2) is 54.6 Å². The number of nitrogen functional groups attached to an aromatic ring is 2. The van der Waals surface area contributed by atoms with Crippen molar-refractivity contribution >= 4 is 57.8 Å². The molecule has 0 aliphatic carbocycles. The number of nitrogens with one attached hydrogen (secondary N) is 1. The third-order valence-corrected chi connectivity index (χ3v) is 6.30. The maximum atomic E-state index is 12.4. The highest BCUT2D eigenvalue weighted by Gasteiger charge is 2.34. The fourth-order valence-corrected chi connectivity index (χ4v) is 4.13. The molecular weight excluding hydrogens is 538 g/mol. The van der Waals surface area contributed by atoms with Crippen molar-refractivity contribution < 1.29 is 19.3 Å². The topological polar surface area (TPSA) is 189 Å².